The molecule has 0 spiro atoms. The lowest BCUT2D eigenvalue weighted by Gasteiger charge is -2.27. The van der Waals surface area contributed by atoms with E-state index in [9.17, 15) is 0 Å². The van der Waals surface area contributed by atoms with Gasteiger partial charge in [0.2, 0.25) is 0 Å². The maximum atomic E-state index is 8.52. The fourth-order valence-corrected chi connectivity index (χ4v) is 0.657. The van der Waals surface area contributed by atoms with Crippen LogP contribution in [-0.2, 0) is 0 Å². The first kappa shape index (κ1) is 12.8. The predicted octanol–water partition coefficient (Wildman–Crippen LogP) is -2.53. The molecule has 0 rings (SSSR count). The number of halogens is 1. The van der Waals surface area contributed by atoms with Gasteiger partial charge in [-0.1, -0.05) is 0 Å². The van der Waals surface area contributed by atoms with Gasteiger partial charge in [0.15, 0.2) is 0 Å². The van der Waals surface area contributed by atoms with Crippen molar-refractivity contribution in [2.24, 2.45) is 0 Å². The Morgan fingerprint density at radius 2 is 1.80 bits per heavy atom. The molecule has 0 aromatic carbocycles. The van der Waals surface area contributed by atoms with Crippen molar-refractivity contribution >= 4 is 0 Å². The van der Waals surface area contributed by atoms with Crippen molar-refractivity contribution in [1.82, 2.24) is 0 Å². The topological polar surface area (TPSA) is 20.2 Å². The largest absolute Gasteiger partial charge is 1.00 e. The van der Waals surface area contributed by atoms with E-state index in [4.69, 9.17) is 5.11 Å². The van der Waals surface area contributed by atoms with Gasteiger partial charge in [-0.2, -0.15) is 0 Å². The second-order valence-electron chi connectivity index (χ2n) is 3.05. The first-order chi connectivity index (χ1) is 4.12. The summed E-state index contributed by atoms with van der Waals surface area (Å²) in [5.74, 6) is 0. The van der Waals surface area contributed by atoms with Crippen LogP contribution < -0.4 is 12.4 Å². The zero-order valence-electron chi connectivity index (χ0n) is 7.10. The molecule has 0 atom stereocenters. The van der Waals surface area contributed by atoms with Gasteiger partial charge in [0.05, 0.1) is 27.2 Å². The van der Waals surface area contributed by atoms with E-state index in [-0.39, 0.29) is 12.4 Å². The van der Waals surface area contributed by atoms with Gasteiger partial charge in [-0.05, 0) is 6.92 Å². The van der Waals surface area contributed by atoms with Gasteiger partial charge < -0.3 is 22.0 Å². The van der Waals surface area contributed by atoms with Crippen molar-refractivity contribution < 1.29 is 22.0 Å². The Labute approximate surface area is 69.8 Å². The molecule has 0 aliphatic rings. The Kier molecular flexibility index (Phi) is 7.65. The third-order valence-corrected chi connectivity index (χ3v) is 1.78. The highest BCUT2D eigenvalue weighted by Gasteiger charge is 2.09. The zero-order chi connectivity index (χ0) is 7.33. The SMILES string of the molecule is CC[N+](C)(C)CCCO.[Cl-]. The summed E-state index contributed by atoms with van der Waals surface area (Å²) in [6.07, 6.45) is 0.918. The second-order valence-corrected chi connectivity index (χ2v) is 3.05. The van der Waals surface area contributed by atoms with Crippen molar-refractivity contribution in [2.45, 2.75) is 13.3 Å². The van der Waals surface area contributed by atoms with Gasteiger partial charge >= 0.3 is 0 Å². The van der Waals surface area contributed by atoms with Crippen LogP contribution in [0.25, 0.3) is 0 Å². The van der Waals surface area contributed by atoms with Gasteiger partial charge in [0.25, 0.3) is 0 Å². The molecule has 64 valence electrons. The third-order valence-electron chi connectivity index (χ3n) is 1.78. The number of hydrogen-bond donors (Lipinski definition) is 1. The summed E-state index contributed by atoms with van der Waals surface area (Å²) in [7, 11) is 4.35. The highest BCUT2D eigenvalue weighted by Crippen LogP contribution is 1.96. The molecule has 0 aromatic heterocycles. The van der Waals surface area contributed by atoms with Crippen LogP contribution in [0.3, 0.4) is 0 Å². The quantitative estimate of drug-likeness (QED) is 0.458. The molecule has 2 nitrogen and oxygen atoms in total. The Hall–Kier alpha value is 0.210. The third kappa shape index (κ3) is 6.33. The first-order valence-corrected chi connectivity index (χ1v) is 3.55. The first-order valence-electron chi connectivity index (χ1n) is 3.55. The van der Waals surface area contributed by atoms with Crippen molar-refractivity contribution in [3.8, 4) is 0 Å². The molecular formula is C7H18ClNO. The molecule has 0 aliphatic heterocycles. The second kappa shape index (κ2) is 5.96. The zero-order valence-corrected chi connectivity index (χ0v) is 7.86. The van der Waals surface area contributed by atoms with Crippen molar-refractivity contribution in [3.05, 3.63) is 0 Å². The summed E-state index contributed by atoms with van der Waals surface area (Å²) in [5, 5.41) is 8.52. The molecule has 0 amide bonds. The summed E-state index contributed by atoms with van der Waals surface area (Å²) in [5.41, 5.74) is 0. The van der Waals surface area contributed by atoms with Crippen molar-refractivity contribution in [3.63, 3.8) is 0 Å². The minimum atomic E-state index is 0. The predicted molar refractivity (Wildman–Crippen MR) is 39.2 cm³/mol. The molecule has 10 heavy (non-hydrogen) atoms. The number of aliphatic hydroxyl groups excluding tert-OH is 1. The molecular weight excluding hydrogens is 150 g/mol. The molecule has 3 heteroatoms. The van der Waals surface area contributed by atoms with Crippen LogP contribution in [0.15, 0.2) is 0 Å². The lowest BCUT2D eigenvalue weighted by atomic mass is 10.3. The lowest BCUT2D eigenvalue weighted by Crippen LogP contribution is -3.00. The summed E-state index contributed by atoms with van der Waals surface area (Å²) in [6, 6.07) is 0. The number of nitrogens with zero attached hydrogens (tertiary/aromatic N) is 1. The molecule has 0 aromatic rings. The van der Waals surface area contributed by atoms with E-state index in [1.807, 2.05) is 0 Å². The highest BCUT2D eigenvalue weighted by atomic mass is 35.5. The Bertz CT molecular complexity index is 76.0. The molecule has 0 heterocycles. The Morgan fingerprint density at radius 1 is 1.30 bits per heavy atom. The smallest absolute Gasteiger partial charge is 0.0804 e. The highest BCUT2D eigenvalue weighted by molar-refractivity contribution is 4.31. The summed E-state index contributed by atoms with van der Waals surface area (Å²) >= 11 is 0. The number of hydrogen-bond acceptors (Lipinski definition) is 1. The van der Waals surface area contributed by atoms with Crippen LogP contribution in [-0.4, -0.2) is 43.4 Å². The number of rotatable bonds is 4. The summed E-state index contributed by atoms with van der Waals surface area (Å²) in [4.78, 5) is 0. The molecule has 0 saturated carbocycles. The summed E-state index contributed by atoms with van der Waals surface area (Å²) < 4.78 is 1.01. The summed E-state index contributed by atoms with van der Waals surface area (Å²) in [6.45, 7) is 4.70. The van der Waals surface area contributed by atoms with E-state index < -0.39 is 0 Å². The number of aliphatic hydroxyl groups is 1. The van der Waals surface area contributed by atoms with E-state index in [1.165, 1.54) is 0 Å². The fraction of sp³-hybridized carbons (Fsp3) is 1.00. The minimum Gasteiger partial charge on any atom is -1.00 e. The molecule has 0 bridgehead atoms. The van der Waals surface area contributed by atoms with Crippen LogP contribution in [0.1, 0.15) is 13.3 Å². The van der Waals surface area contributed by atoms with Gasteiger partial charge in [-0.15, -0.1) is 0 Å². The normalized spacial score (nSPS) is 10.8. The van der Waals surface area contributed by atoms with E-state index in [0.717, 1.165) is 24.0 Å². The average molecular weight is 168 g/mol. The van der Waals surface area contributed by atoms with Gasteiger partial charge in [0.1, 0.15) is 0 Å². The lowest BCUT2D eigenvalue weighted by molar-refractivity contribution is -0.888. The standard InChI is InChI=1S/C7H18NO.ClH/c1-4-8(2,3)6-5-7-9;/h9H,4-7H2,1-3H3;1H/q+1;/p-1. The molecule has 0 saturated heterocycles. The monoisotopic (exact) mass is 167 g/mol. The van der Waals surface area contributed by atoms with E-state index in [0.29, 0.717) is 6.61 Å². The average Bonchev–Trinajstić information content (AvgIpc) is 1.84. The molecule has 0 unspecified atom stereocenters. The van der Waals surface area contributed by atoms with Crippen LogP contribution in [0.2, 0.25) is 0 Å². The van der Waals surface area contributed by atoms with Crippen LogP contribution in [0, 0.1) is 0 Å². The minimum absolute atomic E-state index is 0. The van der Waals surface area contributed by atoms with E-state index in [1.54, 1.807) is 0 Å². The van der Waals surface area contributed by atoms with Gasteiger partial charge in [-0.25, -0.2) is 0 Å². The van der Waals surface area contributed by atoms with Crippen molar-refractivity contribution in [1.29, 1.82) is 0 Å². The van der Waals surface area contributed by atoms with E-state index in [2.05, 4.69) is 21.0 Å². The fourth-order valence-electron chi connectivity index (χ4n) is 0.657. The maximum absolute atomic E-state index is 8.52. The van der Waals surface area contributed by atoms with Crippen LogP contribution in [0.5, 0.6) is 0 Å². The van der Waals surface area contributed by atoms with Crippen molar-refractivity contribution in [2.75, 3.05) is 33.8 Å². The van der Waals surface area contributed by atoms with E-state index >= 15 is 0 Å². The molecule has 0 aliphatic carbocycles. The van der Waals surface area contributed by atoms with Crippen LogP contribution >= 0.6 is 0 Å². The molecule has 1 N–H and O–H groups in total. The molecule has 0 fully saturated rings. The molecule has 0 radical (unpaired) electrons. The van der Waals surface area contributed by atoms with Gasteiger partial charge in [-0.3, -0.25) is 0 Å². The Balaban J connectivity index is 0. The maximum Gasteiger partial charge on any atom is 0.0804 e. The Morgan fingerprint density at radius 3 is 2.10 bits per heavy atom. The number of quaternary nitrogens is 1. The van der Waals surface area contributed by atoms with Gasteiger partial charge in [0, 0.05) is 13.0 Å². The van der Waals surface area contributed by atoms with Crippen LogP contribution in [0.4, 0.5) is 0 Å².